The molecule has 1 aromatic heterocycles. The Kier molecular flexibility index (Phi) is 7.67. The molecule has 7 nitrogen and oxygen atoms in total. The molecule has 0 aliphatic heterocycles. The maximum absolute atomic E-state index is 13.2. The van der Waals surface area contributed by atoms with Crippen LogP contribution < -0.4 is 10.6 Å². The average molecular weight is 549 g/mol. The van der Waals surface area contributed by atoms with Crippen molar-refractivity contribution in [2.45, 2.75) is 38.1 Å². The lowest BCUT2D eigenvalue weighted by Gasteiger charge is -2.12. The first-order valence-corrected chi connectivity index (χ1v) is 13.2. The summed E-state index contributed by atoms with van der Waals surface area (Å²) >= 11 is 12.1. The highest BCUT2D eigenvalue weighted by atomic mass is 35.5. The number of nitrogens with one attached hydrogen (secondary N) is 2. The van der Waals surface area contributed by atoms with Crippen LogP contribution in [0, 0.1) is 0 Å². The van der Waals surface area contributed by atoms with Gasteiger partial charge in [-0.15, -0.1) is 0 Å². The summed E-state index contributed by atoms with van der Waals surface area (Å²) < 4.78 is 1.40. The van der Waals surface area contributed by atoms with E-state index in [0.29, 0.717) is 32.6 Å². The molecule has 1 heterocycles. The van der Waals surface area contributed by atoms with Gasteiger partial charge >= 0.3 is 6.03 Å². The summed E-state index contributed by atoms with van der Waals surface area (Å²) in [5.74, 6) is -0.169. The minimum absolute atomic E-state index is 0.0574. The smallest absolute Gasteiger partial charge is 0.342 e. The van der Waals surface area contributed by atoms with Crippen LogP contribution in [0.1, 0.15) is 53.2 Å². The van der Waals surface area contributed by atoms with Crippen molar-refractivity contribution in [3.05, 3.63) is 99.7 Å². The second-order valence-electron chi connectivity index (χ2n) is 9.29. The molecule has 5 rings (SSSR count). The molecule has 9 heteroatoms. The molecular weight excluding hydrogens is 523 g/mol. The van der Waals surface area contributed by atoms with Gasteiger partial charge in [0.1, 0.15) is 5.75 Å². The van der Waals surface area contributed by atoms with Crippen LogP contribution >= 0.6 is 23.2 Å². The van der Waals surface area contributed by atoms with Gasteiger partial charge in [0.05, 0.1) is 11.4 Å². The fourth-order valence-electron chi connectivity index (χ4n) is 4.72. The fourth-order valence-corrected chi connectivity index (χ4v) is 5.05. The van der Waals surface area contributed by atoms with Gasteiger partial charge in [0.25, 0.3) is 5.91 Å². The number of hydrogen-bond donors (Lipinski definition) is 3. The first kappa shape index (κ1) is 25.8. The summed E-state index contributed by atoms with van der Waals surface area (Å²) in [6, 6.07) is 20.2. The number of phenolic OH excluding ortho intramolecular Hbond substituents is 1. The van der Waals surface area contributed by atoms with E-state index in [0.717, 1.165) is 36.9 Å². The zero-order valence-electron chi connectivity index (χ0n) is 20.5. The van der Waals surface area contributed by atoms with Crippen molar-refractivity contribution in [2.24, 2.45) is 0 Å². The number of carbonyl (C=O) groups excluding carboxylic acids is 2. The molecule has 1 aliphatic carbocycles. The van der Waals surface area contributed by atoms with Crippen molar-refractivity contribution < 1.29 is 14.7 Å². The summed E-state index contributed by atoms with van der Waals surface area (Å²) in [5, 5.41) is 22.2. The van der Waals surface area contributed by atoms with E-state index in [1.807, 2.05) is 24.3 Å². The van der Waals surface area contributed by atoms with Gasteiger partial charge in [-0.2, -0.15) is 9.78 Å². The number of rotatable bonds is 6. The van der Waals surface area contributed by atoms with Crippen molar-refractivity contribution in [2.75, 3.05) is 5.32 Å². The lowest BCUT2D eigenvalue weighted by Crippen LogP contribution is -2.30. The van der Waals surface area contributed by atoms with Gasteiger partial charge in [-0.25, -0.2) is 4.79 Å². The second kappa shape index (κ2) is 11.3. The average Bonchev–Trinajstić information content (AvgIpc) is 3.59. The number of halogens is 2. The largest absolute Gasteiger partial charge is 0.507 e. The van der Waals surface area contributed by atoms with E-state index >= 15 is 0 Å². The molecule has 4 aromatic rings. The number of phenols is 1. The summed E-state index contributed by atoms with van der Waals surface area (Å²) in [4.78, 5) is 25.7. The topological polar surface area (TPSA) is 96.3 Å². The molecular formula is C29H26Cl2N4O3. The number of aromatic hydroxyl groups is 1. The van der Waals surface area contributed by atoms with Crippen LogP contribution in [-0.2, 0) is 6.54 Å². The minimum Gasteiger partial charge on any atom is -0.507 e. The number of carbonyl (C=O) groups is 2. The van der Waals surface area contributed by atoms with Crippen LogP contribution in [0.25, 0.3) is 11.3 Å². The lowest BCUT2D eigenvalue weighted by atomic mass is 10.0. The Morgan fingerprint density at radius 1 is 0.974 bits per heavy atom. The zero-order chi connectivity index (χ0) is 26.6. The molecule has 194 valence electrons. The molecule has 3 aromatic carbocycles. The maximum Gasteiger partial charge on any atom is 0.342 e. The Morgan fingerprint density at radius 3 is 2.42 bits per heavy atom. The van der Waals surface area contributed by atoms with Gasteiger partial charge in [0, 0.05) is 45.4 Å². The van der Waals surface area contributed by atoms with E-state index in [-0.39, 0.29) is 30.2 Å². The van der Waals surface area contributed by atoms with Crippen molar-refractivity contribution >= 4 is 40.8 Å². The third kappa shape index (κ3) is 5.69. The molecule has 38 heavy (non-hydrogen) atoms. The van der Waals surface area contributed by atoms with Crippen LogP contribution in [0.15, 0.2) is 72.8 Å². The molecule has 0 unspecified atom stereocenters. The van der Waals surface area contributed by atoms with E-state index in [9.17, 15) is 14.7 Å². The fraction of sp³-hybridized carbons (Fsp3) is 0.207. The predicted molar refractivity (Wildman–Crippen MR) is 149 cm³/mol. The number of nitrogens with zero attached hydrogens (tertiary/aromatic N) is 2. The molecule has 0 radical (unpaired) electrons. The molecule has 0 spiro atoms. The number of aromatic nitrogens is 2. The third-order valence-electron chi connectivity index (χ3n) is 6.73. The lowest BCUT2D eigenvalue weighted by molar-refractivity contribution is 0.102. The Balaban J connectivity index is 1.38. The minimum atomic E-state index is -0.357. The highest BCUT2D eigenvalue weighted by Crippen LogP contribution is 2.38. The number of benzene rings is 3. The highest BCUT2D eigenvalue weighted by Gasteiger charge is 2.26. The van der Waals surface area contributed by atoms with E-state index in [2.05, 4.69) is 15.7 Å². The van der Waals surface area contributed by atoms with E-state index in [4.69, 9.17) is 23.2 Å². The van der Waals surface area contributed by atoms with Crippen molar-refractivity contribution in [3.8, 4) is 17.0 Å². The number of amides is 2. The first-order valence-electron chi connectivity index (χ1n) is 12.4. The summed E-state index contributed by atoms with van der Waals surface area (Å²) in [6.45, 7) is 0.269. The van der Waals surface area contributed by atoms with Crippen molar-refractivity contribution in [1.82, 2.24) is 15.1 Å². The molecule has 1 saturated carbocycles. The van der Waals surface area contributed by atoms with Crippen LogP contribution in [-0.4, -0.2) is 26.8 Å². The summed E-state index contributed by atoms with van der Waals surface area (Å²) in [6.07, 6.45) is 4.15. The molecule has 0 bridgehead atoms. The van der Waals surface area contributed by atoms with E-state index < -0.39 is 0 Å². The molecule has 3 N–H and O–H groups in total. The monoisotopic (exact) mass is 548 g/mol. The van der Waals surface area contributed by atoms with E-state index in [1.54, 1.807) is 42.5 Å². The van der Waals surface area contributed by atoms with Gasteiger partial charge in [0.2, 0.25) is 0 Å². The van der Waals surface area contributed by atoms with Gasteiger partial charge in [-0.3, -0.25) is 4.79 Å². The second-order valence-corrected chi connectivity index (χ2v) is 10.1. The van der Waals surface area contributed by atoms with Crippen LogP contribution in [0.4, 0.5) is 10.5 Å². The van der Waals surface area contributed by atoms with Crippen LogP contribution in [0.3, 0.4) is 0 Å². The number of hydrogen-bond acceptors (Lipinski definition) is 4. The third-order valence-corrected chi connectivity index (χ3v) is 7.35. The predicted octanol–water partition coefficient (Wildman–Crippen LogP) is 7.23. The van der Waals surface area contributed by atoms with Crippen molar-refractivity contribution in [3.63, 3.8) is 0 Å². The summed E-state index contributed by atoms with van der Waals surface area (Å²) in [5.41, 5.74) is 3.44. The summed E-state index contributed by atoms with van der Waals surface area (Å²) in [7, 11) is 0. The first-order chi connectivity index (χ1) is 18.4. The molecule has 0 saturated heterocycles. The maximum atomic E-state index is 13.2. The van der Waals surface area contributed by atoms with Crippen LogP contribution in [0.5, 0.6) is 5.75 Å². The molecule has 1 aliphatic rings. The SMILES string of the molecule is O=C(Nc1ccc(-c2cc(C3CCCC3)n(C(=O)NCc3ccccc3Cl)n2)c(O)c1)c1ccc(Cl)cc1. The normalized spacial score (nSPS) is 13.4. The zero-order valence-corrected chi connectivity index (χ0v) is 22.0. The quantitative estimate of drug-likeness (QED) is 0.236. The molecule has 2 amide bonds. The Labute approximate surface area is 230 Å². The van der Waals surface area contributed by atoms with Crippen molar-refractivity contribution in [1.29, 1.82) is 0 Å². The molecule has 1 fully saturated rings. The van der Waals surface area contributed by atoms with Gasteiger partial charge in [-0.1, -0.05) is 54.2 Å². The molecule has 0 atom stereocenters. The Hall–Kier alpha value is -3.81. The van der Waals surface area contributed by atoms with Crippen LogP contribution in [0.2, 0.25) is 10.0 Å². The van der Waals surface area contributed by atoms with Gasteiger partial charge in [0.15, 0.2) is 0 Å². The standard InChI is InChI=1S/C29H26Cl2N4O3/c30-21-11-9-19(10-12-21)28(37)33-22-13-14-23(27(36)15-22)25-16-26(18-5-1-2-6-18)35(34-25)29(38)32-17-20-7-3-4-8-24(20)31/h3-4,7-16,18,36H,1-2,5-6,17H2,(H,32,38)(H,33,37). The van der Waals surface area contributed by atoms with Gasteiger partial charge < -0.3 is 15.7 Å². The number of anilines is 1. The Morgan fingerprint density at radius 2 is 1.71 bits per heavy atom. The van der Waals surface area contributed by atoms with E-state index in [1.165, 1.54) is 10.7 Å². The Bertz CT molecular complexity index is 1480. The van der Waals surface area contributed by atoms with Gasteiger partial charge in [-0.05, 0) is 66.9 Å². The highest BCUT2D eigenvalue weighted by molar-refractivity contribution is 6.31.